The van der Waals surface area contributed by atoms with Crippen LogP contribution in [0.2, 0.25) is 0 Å². The Bertz CT molecular complexity index is 341. The van der Waals surface area contributed by atoms with Crippen LogP contribution in [0.4, 0.5) is 0 Å². The molecule has 0 saturated carbocycles. The molecule has 2 saturated heterocycles. The summed E-state index contributed by atoms with van der Waals surface area (Å²) in [6, 6.07) is 10.9. The second-order valence-corrected chi connectivity index (χ2v) is 4.63. The van der Waals surface area contributed by atoms with Crippen molar-refractivity contribution in [2.75, 3.05) is 19.6 Å². The Kier molecular flexibility index (Phi) is 2.24. The highest BCUT2D eigenvalue weighted by Crippen LogP contribution is 2.31. The third-order valence-corrected chi connectivity index (χ3v) is 3.54. The van der Waals surface area contributed by atoms with Gasteiger partial charge in [0.1, 0.15) is 0 Å². The fourth-order valence-corrected chi connectivity index (χ4v) is 2.67. The van der Waals surface area contributed by atoms with E-state index in [4.69, 9.17) is 0 Å². The van der Waals surface area contributed by atoms with E-state index in [1.165, 1.54) is 10.6 Å². The van der Waals surface area contributed by atoms with Gasteiger partial charge in [0.15, 0.2) is 0 Å². The smallest absolute Gasteiger partial charge is 0.0531 e. The van der Waals surface area contributed by atoms with Gasteiger partial charge in [-0.25, -0.2) is 0 Å². The monoisotopic (exact) mass is 204 g/mol. The molecule has 1 aromatic carbocycles. The lowest BCUT2D eigenvalue weighted by Gasteiger charge is -2.38. The van der Waals surface area contributed by atoms with E-state index in [2.05, 4.69) is 29.2 Å². The van der Waals surface area contributed by atoms with Gasteiger partial charge in [0.2, 0.25) is 0 Å². The zero-order valence-electron chi connectivity index (χ0n) is 8.71. The molecular formula is C12H16N2O. The summed E-state index contributed by atoms with van der Waals surface area (Å²) < 4.78 is 0. The van der Waals surface area contributed by atoms with Crippen LogP contribution in [0.5, 0.6) is 0 Å². The van der Waals surface area contributed by atoms with Crippen molar-refractivity contribution in [3.63, 3.8) is 0 Å². The Morgan fingerprint density at radius 1 is 1.13 bits per heavy atom. The number of hydroxylamine groups is 2. The van der Waals surface area contributed by atoms with E-state index >= 15 is 0 Å². The molecule has 80 valence electrons. The van der Waals surface area contributed by atoms with Gasteiger partial charge >= 0.3 is 0 Å². The number of nitrogens with zero attached hydrogens (tertiary/aromatic N) is 2. The van der Waals surface area contributed by atoms with Gasteiger partial charge in [-0.05, 0) is 5.56 Å². The molecular weight excluding hydrogens is 188 g/mol. The molecule has 2 heterocycles. The first-order valence-corrected chi connectivity index (χ1v) is 5.55. The molecule has 3 heteroatoms. The Morgan fingerprint density at radius 2 is 1.93 bits per heavy atom. The van der Waals surface area contributed by atoms with Crippen LogP contribution in [-0.4, -0.2) is 40.8 Å². The largest absolute Gasteiger partial charge is 0.314 e. The average Bonchev–Trinajstić information content (AvgIpc) is 2.57. The summed E-state index contributed by atoms with van der Waals surface area (Å²) in [5.74, 6) is 0.693. The maximum Gasteiger partial charge on any atom is 0.0531 e. The van der Waals surface area contributed by atoms with E-state index in [0.29, 0.717) is 12.0 Å². The predicted octanol–water partition coefficient (Wildman–Crippen LogP) is 1.19. The zero-order valence-corrected chi connectivity index (χ0v) is 8.71. The highest BCUT2D eigenvalue weighted by Gasteiger charge is 2.44. The first-order chi connectivity index (χ1) is 7.33. The van der Waals surface area contributed by atoms with Crippen LogP contribution < -0.4 is 0 Å². The van der Waals surface area contributed by atoms with Gasteiger partial charge in [0.25, 0.3) is 0 Å². The molecule has 0 aromatic heterocycles. The maximum atomic E-state index is 9.41. The number of fused-ring (bicyclic) bond motifs is 1. The second kappa shape index (κ2) is 3.59. The van der Waals surface area contributed by atoms with Crippen molar-refractivity contribution in [1.29, 1.82) is 0 Å². The minimum Gasteiger partial charge on any atom is -0.314 e. The van der Waals surface area contributed by atoms with E-state index in [1.54, 1.807) is 0 Å². The molecule has 2 unspecified atom stereocenters. The molecule has 0 spiro atoms. The summed E-state index contributed by atoms with van der Waals surface area (Å²) in [5.41, 5.74) is 1.36. The number of likely N-dealkylation sites (tertiary alicyclic amines) is 1. The van der Waals surface area contributed by atoms with Crippen molar-refractivity contribution in [3.8, 4) is 0 Å². The van der Waals surface area contributed by atoms with Crippen molar-refractivity contribution in [3.05, 3.63) is 35.9 Å². The molecule has 0 aliphatic carbocycles. The van der Waals surface area contributed by atoms with Crippen molar-refractivity contribution < 1.29 is 5.21 Å². The first kappa shape index (κ1) is 9.33. The van der Waals surface area contributed by atoms with Gasteiger partial charge in [-0.15, -0.1) is 0 Å². The third-order valence-electron chi connectivity index (χ3n) is 3.54. The predicted molar refractivity (Wildman–Crippen MR) is 57.5 cm³/mol. The SMILES string of the molecule is ON1CC2CN(Cc3ccccc3)CC21. The molecule has 1 aromatic rings. The highest BCUT2D eigenvalue weighted by molar-refractivity contribution is 5.15. The first-order valence-electron chi connectivity index (χ1n) is 5.55. The van der Waals surface area contributed by atoms with Crippen LogP contribution >= 0.6 is 0 Å². The molecule has 0 amide bonds. The Hall–Kier alpha value is -0.900. The van der Waals surface area contributed by atoms with Gasteiger partial charge in [0, 0.05) is 32.1 Å². The molecule has 3 nitrogen and oxygen atoms in total. The van der Waals surface area contributed by atoms with Gasteiger partial charge in [-0.2, -0.15) is 5.06 Å². The van der Waals surface area contributed by atoms with E-state index in [1.807, 2.05) is 6.07 Å². The number of hydrogen-bond acceptors (Lipinski definition) is 3. The lowest BCUT2D eigenvalue weighted by atomic mass is 9.95. The fourth-order valence-electron chi connectivity index (χ4n) is 2.67. The molecule has 2 fully saturated rings. The van der Waals surface area contributed by atoms with Gasteiger partial charge in [-0.1, -0.05) is 30.3 Å². The summed E-state index contributed by atoms with van der Waals surface area (Å²) in [7, 11) is 0. The van der Waals surface area contributed by atoms with Crippen LogP contribution in [0.3, 0.4) is 0 Å². The van der Waals surface area contributed by atoms with Crippen LogP contribution in [0, 0.1) is 5.92 Å². The van der Waals surface area contributed by atoms with Crippen molar-refractivity contribution in [2.45, 2.75) is 12.6 Å². The molecule has 2 atom stereocenters. The van der Waals surface area contributed by atoms with E-state index in [0.717, 1.165) is 26.2 Å². The summed E-state index contributed by atoms with van der Waals surface area (Å²) in [4.78, 5) is 2.43. The average molecular weight is 204 g/mol. The fraction of sp³-hybridized carbons (Fsp3) is 0.500. The minimum absolute atomic E-state index is 0.397. The van der Waals surface area contributed by atoms with E-state index in [-0.39, 0.29) is 0 Å². The van der Waals surface area contributed by atoms with Crippen LogP contribution in [0.25, 0.3) is 0 Å². The van der Waals surface area contributed by atoms with Crippen molar-refractivity contribution >= 4 is 0 Å². The van der Waals surface area contributed by atoms with E-state index in [9.17, 15) is 5.21 Å². The number of rotatable bonds is 2. The molecule has 0 radical (unpaired) electrons. The van der Waals surface area contributed by atoms with Crippen molar-refractivity contribution in [2.24, 2.45) is 5.92 Å². The van der Waals surface area contributed by atoms with Crippen LogP contribution in [0.1, 0.15) is 5.56 Å². The van der Waals surface area contributed by atoms with Crippen LogP contribution in [-0.2, 0) is 6.54 Å². The number of benzene rings is 1. The van der Waals surface area contributed by atoms with Crippen LogP contribution in [0.15, 0.2) is 30.3 Å². The second-order valence-electron chi connectivity index (χ2n) is 4.63. The van der Waals surface area contributed by atoms with Gasteiger partial charge in [-0.3, -0.25) is 4.90 Å². The van der Waals surface area contributed by atoms with E-state index < -0.39 is 0 Å². The number of hydrogen-bond donors (Lipinski definition) is 1. The summed E-state index contributed by atoms with van der Waals surface area (Å²) in [6.45, 7) is 4.02. The maximum absolute atomic E-state index is 9.41. The highest BCUT2D eigenvalue weighted by atomic mass is 16.5. The van der Waals surface area contributed by atoms with Gasteiger partial charge < -0.3 is 5.21 Å². The quantitative estimate of drug-likeness (QED) is 0.784. The summed E-state index contributed by atoms with van der Waals surface area (Å²) in [5, 5.41) is 10.9. The third kappa shape index (κ3) is 1.67. The molecule has 0 bridgehead atoms. The molecule has 15 heavy (non-hydrogen) atoms. The normalized spacial score (nSPS) is 31.3. The molecule has 1 N–H and O–H groups in total. The Balaban J connectivity index is 1.62. The lowest BCUT2D eigenvalue weighted by Crippen LogP contribution is -2.53. The standard InChI is InChI=1S/C12H16N2O/c15-14-8-11-7-13(9-12(11)14)6-10-4-2-1-3-5-10/h1-5,11-12,15H,6-9H2. The molecule has 2 aliphatic heterocycles. The minimum atomic E-state index is 0.397. The molecule has 2 aliphatic rings. The Labute approximate surface area is 89.9 Å². The molecule has 3 rings (SSSR count). The van der Waals surface area contributed by atoms with Gasteiger partial charge in [0.05, 0.1) is 6.04 Å². The van der Waals surface area contributed by atoms with Crippen molar-refractivity contribution in [1.82, 2.24) is 9.96 Å². The summed E-state index contributed by atoms with van der Waals surface area (Å²) in [6.07, 6.45) is 0. The topological polar surface area (TPSA) is 26.7 Å². The zero-order chi connectivity index (χ0) is 10.3. The lowest BCUT2D eigenvalue weighted by molar-refractivity contribution is -0.198. The summed E-state index contributed by atoms with van der Waals surface area (Å²) >= 11 is 0. The Morgan fingerprint density at radius 3 is 2.60 bits per heavy atom.